The van der Waals surface area contributed by atoms with Gasteiger partial charge in [0.25, 0.3) is 0 Å². The largest absolute Gasteiger partial charge is 0.356 e. The van der Waals surface area contributed by atoms with Gasteiger partial charge in [-0.15, -0.1) is 0 Å². The third kappa shape index (κ3) is 2.29. The van der Waals surface area contributed by atoms with Crippen LogP contribution in [0.2, 0.25) is 0 Å². The predicted molar refractivity (Wildman–Crippen MR) is 62.7 cm³/mol. The number of aromatic nitrogens is 1. The van der Waals surface area contributed by atoms with E-state index in [9.17, 15) is 0 Å². The van der Waals surface area contributed by atoms with Gasteiger partial charge in [-0.1, -0.05) is 13.3 Å². The zero-order valence-corrected chi connectivity index (χ0v) is 9.32. The molecular weight excluding hydrogens is 186 g/mol. The summed E-state index contributed by atoms with van der Waals surface area (Å²) in [6, 6.07) is 4.09. The van der Waals surface area contributed by atoms with Crippen LogP contribution in [0.3, 0.4) is 0 Å². The van der Waals surface area contributed by atoms with Crippen LogP contribution in [-0.4, -0.2) is 18.1 Å². The number of nitrogens with two attached hydrogens (primary N) is 1. The molecule has 1 atom stereocenters. The van der Waals surface area contributed by atoms with Crippen LogP contribution in [0.5, 0.6) is 0 Å². The molecule has 0 aliphatic carbocycles. The van der Waals surface area contributed by atoms with Gasteiger partial charge in [0.2, 0.25) is 0 Å². The average molecular weight is 205 g/mol. The molecule has 2 heterocycles. The Morgan fingerprint density at radius 2 is 2.47 bits per heavy atom. The van der Waals surface area contributed by atoms with E-state index in [2.05, 4.69) is 22.9 Å². The zero-order valence-electron chi connectivity index (χ0n) is 9.32. The lowest BCUT2D eigenvalue weighted by Gasteiger charge is -2.17. The number of nitrogens with zero attached hydrogens (tertiary/aromatic N) is 2. The molecule has 1 aliphatic heterocycles. The van der Waals surface area contributed by atoms with Crippen molar-refractivity contribution in [3.05, 3.63) is 23.9 Å². The molecule has 0 aromatic carbocycles. The molecule has 0 bridgehead atoms. The van der Waals surface area contributed by atoms with E-state index in [0.717, 1.165) is 24.8 Å². The summed E-state index contributed by atoms with van der Waals surface area (Å²) in [4.78, 5) is 6.78. The van der Waals surface area contributed by atoms with Gasteiger partial charge >= 0.3 is 0 Å². The molecule has 0 radical (unpaired) electrons. The second-order valence-electron chi connectivity index (χ2n) is 4.24. The van der Waals surface area contributed by atoms with Crippen LogP contribution in [-0.2, 0) is 6.54 Å². The molecule has 1 aromatic heterocycles. The molecule has 0 spiro atoms. The highest BCUT2D eigenvalue weighted by atomic mass is 15.2. The van der Waals surface area contributed by atoms with Crippen LogP contribution in [0.25, 0.3) is 0 Å². The first-order chi connectivity index (χ1) is 7.33. The fraction of sp³-hybridized carbons (Fsp3) is 0.583. The van der Waals surface area contributed by atoms with E-state index in [4.69, 9.17) is 5.73 Å². The first-order valence-electron chi connectivity index (χ1n) is 5.73. The Balaban J connectivity index is 2.09. The molecule has 1 aliphatic rings. The lowest BCUT2D eigenvalue weighted by molar-refractivity contribution is 0.568. The van der Waals surface area contributed by atoms with Gasteiger partial charge in [-0.05, 0) is 30.0 Å². The molecule has 1 aromatic rings. The molecule has 0 amide bonds. The van der Waals surface area contributed by atoms with Crippen molar-refractivity contribution in [1.82, 2.24) is 4.98 Å². The topological polar surface area (TPSA) is 42.1 Å². The van der Waals surface area contributed by atoms with Gasteiger partial charge in [0, 0.05) is 25.8 Å². The number of pyridine rings is 1. The average Bonchev–Trinajstić information content (AvgIpc) is 2.78. The number of hydrogen-bond acceptors (Lipinski definition) is 3. The summed E-state index contributed by atoms with van der Waals surface area (Å²) >= 11 is 0. The number of anilines is 1. The Labute approximate surface area is 91.3 Å². The third-order valence-electron chi connectivity index (χ3n) is 3.23. The molecule has 1 saturated heterocycles. The standard InChI is InChI=1S/C12H19N3/c1-2-10-4-6-15(9-10)12-7-11(8-13)3-5-14-12/h3,5,7,10H,2,4,6,8-9,13H2,1H3. The van der Waals surface area contributed by atoms with Crippen molar-refractivity contribution in [3.63, 3.8) is 0 Å². The van der Waals surface area contributed by atoms with Crippen LogP contribution in [0.1, 0.15) is 25.3 Å². The molecule has 3 nitrogen and oxygen atoms in total. The van der Waals surface area contributed by atoms with Crippen molar-refractivity contribution in [2.75, 3.05) is 18.0 Å². The van der Waals surface area contributed by atoms with Gasteiger partial charge in [-0.2, -0.15) is 0 Å². The maximum atomic E-state index is 5.62. The lowest BCUT2D eigenvalue weighted by Crippen LogP contribution is -2.20. The van der Waals surface area contributed by atoms with Crippen LogP contribution in [0, 0.1) is 5.92 Å². The Kier molecular flexibility index (Phi) is 3.21. The van der Waals surface area contributed by atoms with Gasteiger partial charge in [0.1, 0.15) is 5.82 Å². The highest BCUT2D eigenvalue weighted by Crippen LogP contribution is 2.24. The molecule has 1 fully saturated rings. The van der Waals surface area contributed by atoms with Gasteiger partial charge < -0.3 is 10.6 Å². The first-order valence-corrected chi connectivity index (χ1v) is 5.73. The van der Waals surface area contributed by atoms with Crippen LogP contribution in [0.4, 0.5) is 5.82 Å². The highest BCUT2D eigenvalue weighted by Gasteiger charge is 2.21. The second kappa shape index (κ2) is 4.62. The van der Waals surface area contributed by atoms with Crippen molar-refractivity contribution in [1.29, 1.82) is 0 Å². The van der Waals surface area contributed by atoms with E-state index >= 15 is 0 Å². The van der Waals surface area contributed by atoms with E-state index < -0.39 is 0 Å². The van der Waals surface area contributed by atoms with E-state index in [1.165, 1.54) is 18.4 Å². The van der Waals surface area contributed by atoms with E-state index in [-0.39, 0.29) is 0 Å². The van der Waals surface area contributed by atoms with Crippen LogP contribution in [0.15, 0.2) is 18.3 Å². The van der Waals surface area contributed by atoms with Crippen molar-refractivity contribution in [2.24, 2.45) is 11.7 Å². The molecule has 15 heavy (non-hydrogen) atoms. The van der Waals surface area contributed by atoms with Crippen molar-refractivity contribution in [3.8, 4) is 0 Å². The van der Waals surface area contributed by atoms with Gasteiger partial charge in [0.15, 0.2) is 0 Å². The SMILES string of the molecule is CCC1CCN(c2cc(CN)ccn2)C1. The molecule has 1 unspecified atom stereocenters. The minimum atomic E-state index is 0.598. The fourth-order valence-corrected chi connectivity index (χ4v) is 2.13. The van der Waals surface area contributed by atoms with Crippen molar-refractivity contribution in [2.45, 2.75) is 26.3 Å². The third-order valence-corrected chi connectivity index (χ3v) is 3.23. The summed E-state index contributed by atoms with van der Waals surface area (Å²) in [7, 11) is 0. The second-order valence-corrected chi connectivity index (χ2v) is 4.24. The monoisotopic (exact) mass is 205 g/mol. The fourth-order valence-electron chi connectivity index (χ4n) is 2.13. The Morgan fingerprint density at radius 1 is 1.60 bits per heavy atom. The summed E-state index contributed by atoms with van der Waals surface area (Å²) < 4.78 is 0. The van der Waals surface area contributed by atoms with E-state index in [0.29, 0.717) is 6.54 Å². The Bertz CT molecular complexity index is 324. The van der Waals surface area contributed by atoms with Gasteiger partial charge in [0.05, 0.1) is 0 Å². The minimum Gasteiger partial charge on any atom is -0.356 e. The summed E-state index contributed by atoms with van der Waals surface area (Å²) in [5, 5.41) is 0. The highest BCUT2D eigenvalue weighted by molar-refractivity contribution is 5.42. The smallest absolute Gasteiger partial charge is 0.128 e. The molecule has 2 rings (SSSR count). The summed E-state index contributed by atoms with van der Waals surface area (Å²) in [6.45, 7) is 5.15. The van der Waals surface area contributed by atoms with Gasteiger partial charge in [-0.3, -0.25) is 0 Å². The summed E-state index contributed by atoms with van der Waals surface area (Å²) in [5.41, 5.74) is 6.79. The van der Waals surface area contributed by atoms with E-state index in [1.54, 1.807) is 0 Å². The predicted octanol–water partition coefficient (Wildman–Crippen LogP) is 1.78. The van der Waals surface area contributed by atoms with Gasteiger partial charge in [-0.25, -0.2) is 4.98 Å². The Morgan fingerprint density at radius 3 is 3.13 bits per heavy atom. The molecular formula is C12H19N3. The lowest BCUT2D eigenvalue weighted by atomic mass is 10.1. The van der Waals surface area contributed by atoms with Crippen molar-refractivity contribution >= 4 is 5.82 Å². The summed E-state index contributed by atoms with van der Waals surface area (Å²) in [6.07, 6.45) is 4.43. The number of hydrogen-bond donors (Lipinski definition) is 1. The summed E-state index contributed by atoms with van der Waals surface area (Å²) in [5.74, 6) is 1.93. The zero-order chi connectivity index (χ0) is 10.7. The van der Waals surface area contributed by atoms with Crippen LogP contribution < -0.4 is 10.6 Å². The molecule has 82 valence electrons. The van der Waals surface area contributed by atoms with Crippen molar-refractivity contribution < 1.29 is 0 Å². The maximum absolute atomic E-state index is 5.62. The molecule has 2 N–H and O–H groups in total. The minimum absolute atomic E-state index is 0.598. The maximum Gasteiger partial charge on any atom is 0.128 e. The van der Waals surface area contributed by atoms with E-state index in [1.807, 2.05) is 12.3 Å². The Hall–Kier alpha value is -1.09. The quantitative estimate of drug-likeness (QED) is 0.818. The van der Waals surface area contributed by atoms with Crippen LogP contribution >= 0.6 is 0 Å². The normalized spacial score (nSPS) is 20.9. The first kappa shape index (κ1) is 10.4. The number of rotatable bonds is 3. The molecule has 0 saturated carbocycles. The molecule has 3 heteroatoms.